The number of hydrogen-bond acceptors (Lipinski definition) is 4. The molecular weight excluding hydrogens is 338 g/mol. The van der Waals surface area contributed by atoms with Gasteiger partial charge >= 0.3 is 5.97 Å². The van der Waals surface area contributed by atoms with E-state index in [4.69, 9.17) is 0 Å². The summed E-state index contributed by atoms with van der Waals surface area (Å²) >= 11 is 1.13. The highest BCUT2D eigenvalue weighted by atomic mass is 32.2. The van der Waals surface area contributed by atoms with Crippen LogP contribution >= 0.6 is 11.8 Å². The maximum Gasteiger partial charge on any atom is 0.336 e. The molecule has 2 aromatic rings. The molecule has 1 heterocycles. The summed E-state index contributed by atoms with van der Waals surface area (Å²) in [6, 6.07) is 12.1. The Morgan fingerprint density at radius 1 is 1.12 bits per heavy atom. The zero-order chi connectivity index (χ0) is 18.1. The average molecular weight is 355 g/mol. The second-order valence-electron chi connectivity index (χ2n) is 6.03. The number of benzene rings is 2. The van der Waals surface area contributed by atoms with Crippen molar-refractivity contribution >= 4 is 35.2 Å². The monoisotopic (exact) mass is 355 g/mol. The van der Waals surface area contributed by atoms with Gasteiger partial charge in [-0.15, -0.1) is 11.8 Å². The van der Waals surface area contributed by atoms with E-state index in [1.807, 2.05) is 19.9 Å². The number of nitrogens with zero attached hydrogens (tertiary/aromatic N) is 1. The van der Waals surface area contributed by atoms with Gasteiger partial charge in [-0.25, -0.2) is 9.69 Å². The quantitative estimate of drug-likeness (QED) is 0.851. The Kier molecular flexibility index (Phi) is 4.63. The Hall–Kier alpha value is -2.60. The topological polar surface area (TPSA) is 74.7 Å². The third-order valence-corrected chi connectivity index (χ3v) is 5.22. The maximum absolute atomic E-state index is 12.8. The van der Waals surface area contributed by atoms with Crippen molar-refractivity contribution in [1.29, 1.82) is 0 Å². The molecule has 1 fully saturated rings. The number of carboxylic acids is 1. The van der Waals surface area contributed by atoms with Gasteiger partial charge in [0.1, 0.15) is 0 Å². The van der Waals surface area contributed by atoms with Crippen LogP contribution in [0.25, 0.3) is 0 Å². The number of hydrogen-bond donors (Lipinski definition) is 1. The molecule has 2 amide bonds. The Bertz CT molecular complexity index is 857. The summed E-state index contributed by atoms with van der Waals surface area (Å²) in [5, 5.41) is 8.66. The number of imide groups is 1. The predicted octanol–water partition coefficient (Wildman–Crippen LogP) is 3.43. The van der Waals surface area contributed by atoms with Crippen molar-refractivity contribution in [2.24, 2.45) is 0 Å². The molecule has 3 rings (SSSR count). The number of carboxylic acid groups (broad SMARTS) is 1. The van der Waals surface area contributed by atoms with Crippen LogP contribution < -0.4 is 4.90 Å². The maximum atomic E-state index is 12.8. The fourth-order valence-corrected chi connectivity index (χ4v) is 4.12. The summed E-state index contributed by atoms with van der Waals surface area (Å²) in [4.78, 5) is 38.2. The van der Waals surface area contributed by atoms with Gasteiger partial charge in [-0.05, 0) is 49.2 Å². The first-order valence-electron chi connectivity index (χ1n) is 7.81. The highest BCUT2D eigenvalue weighted by molar-refractivity contribution is 8.00. The summed E-state index contributed by atoms with van der Waals surface area (Å²) in [5.41, 5.74) is 2.66. The Labute approximate surface area is 149 Å². The predicted molar refractivity (Wildman–Crippen MR) is 96.1 cm³/mol. The molecule has 1 aliphatic rings. The zero-order valence-corrected chi connectivity index (χ0v) is 14.7. The molecular formula is C19H17NO4S. The number of anilines is 1. The van der Waals surface area contributed by atoms with Gasteiger partial charge in [0.25, 0.3) is 0 Å². The molecule has 2 aromatic carbocycles. The highest BCUT2D eigenvalue weighted by Gasteiger charge is 2.40. The second-order valence-corrected chi connectivity index (χ2v) is 7.27. The van der Waals surface area contributed by atoms with Gasteiger partial charge in [-0.3, -0.25) is 9.59 Å². The van der Waals surface area contributed by atoms with Gasteiger partial charge in [0.05, 0.1) is 16.5 Å². The van der Waals surface area contributed by atoms with Gasteiger partial charge in [-0.2, -0.15) is 0 Å². The van der Waals surface area contributed by atoms with Gasteiger partial charge in [0, 0.05) is 11.3 Å². The first-order chi connectivity index (χ1) is 11.9. The molecule has 0 aliphatic carbocycles. The van der Waals surface area contributed by atoms with E-state index in [1.54, 1.807) is 30.3 Å². The van der Waals surface area contributed by atoms with Gasteiger partial charge in [-0.1, -0.05) is 18.2 Å². The second kappa shape index (κ2) is 6.72. The van der Waals surface area contributed by atoms with E-state index in [9.17, 15) is 19.5 Å². The van der Waals surface area contributed by atoms with Gasteiger partial charge < -0.3 is 5.11 Å². The molecule has 0 radical (unpaired) electrons. The number of carbonyl (C=O) groups excluding carboxylic acids is 2. The number of amides is 2. The fraction of sp³-hybridized carbons (Fsp3) is 0.211. The lowest BCUT2D eigenvalue weighted by atomic mass is 10.1. The first kappa shape index (κ1) is 17.2. The molecule has 0 aromatic heterocycles. The molecule has 0 unspecified atom stereocenters. The minimum Gasteiger partial charge on any atom is -0.478 e. The van der Waals surface area contributed by atoms with Crippen LogP contribution in [0.5, 0.6) is 0 Å². The standard InChI is InChI=1S/C19H17NO4S/c1-11-7-12(2)9-13(8-11)20-17(21)10-16(18(20)22)25-15-6-4-3-5-14(15)19(23)24/h3-9,16H,10H2,1-2H3,(H,23,24)/t16-/m0/s1. The molecule has 1 saturated heterocycles. The number of thioether (sulfide) groups is 1. The summed E-state index contributed by atoms with van der Waals surface area (Å²) < 4.78 is 0. The van der Waals surface area contributed by atoms with Crippen molar-refractivity contribution in [2.75, 3.05) is 4.90 Å². The Morgan fingerprint density at radius 2 is 1.76 bits per heavy atom. The lowest BCUT2D eigenvalue weighted by Gasteiger charge is -2.16. The minimum absolute atomic E-state index is 0.0600. The highest BCUT2D eigenvalue weighted by Crippen LogP contribution is 2.35. The van der Waals surface area contributed by atoms with Gasteiger partial charge in [0.15, 0.2) is 0 Å². The lowest BCUT2D eigenvalue weighted by molar-refractivity contribution is -0.121. The largest absolute Gasteiger partial charge is 0.478 e. The molecule has 1 aliphatic heterocycles. The van der Waals surface area contributed by atoms with Crippen molar-refractivity contribution < 1.29 is 19.5 Å². The molecule has 0 bridgehead atoms. The minimum atomic E-state index is -1.05. The van der Waals surface area contributed by atoms with E-state index < -0.39 is 11.2 Å². The fourth-order valence-electron chi connectivity index (χ4n) is 2.95. The van der Waals surface area contributed by atoms with Crippen LogP contribution in [-0.2, 0) is 9.59 Å². The number of aryl methyl sites for hydroxylation is 2. The van der Waals surface area contributed by atoms with E-state index in [2.05, 4.69) is 0 Å². The van der Waals surface area contributed by atoms with E-state index in [1.165, 1.54) is 11.0 Å². The average Bonchev–Trinajstić information content (AvgIpc) is 2.80. The van der Waals surface area contributed by atoms with E-state index in [0.29, 0.717) is 10.6 Å². The lowest BCUT2D eigenvalue weighted by Crippen LogP contribution is -2.31. The molecule has 0 saturated carbocycles. The SMILES string of the molecule is Cc1cc(C)cc(N2C(=O)C[C@H](Sc3ccccc3C(=O)O)C2=O)c1. The van der Waals surface area contributed by atoms with Crippen LogP contribution in [0.3, 0.4) is 0 Å². The van der Waals surface area contributed by atoms with Crippen LogP contribution in [-0.4, -0.2) is 28.1 Å². The summed E-state index contributed by atoms with van der Waals surface area (Å²) in [6.07, 6.45) is 0.0600. The third-order valence-electron chi connectivity index (χ3n) is 3.96. The summed E-state index contributed by atoms with van der Waals surface area (Å²) in [7, 11) is 0. The van der Waals surface area contributed by atoms with Crippen molar-refractivity contribution in [3.63, 3.8) is 0 Å². The molecule has 128 valence electrons. The zero-order valence-electron chi connectivity index (χ0n) is 13.9. The van der Waals surface area contributed by atoms with Crippen LogP contribution in [0.15, 0.2) is 47.4 Å². The number of carbonyl (C=O) groups is 3. The molecule has 5 nitrogen and oxygen atoms in total. The van der Waals surface area contributed by atoms with Crippen molar-refractivity contribution in [3.05, 3.63) is 59.2 Å². The van der Waals surface area contributed by atoms with Crippen LogP contribution in [0.4, 0.5) is 5.69 Å². The molecule has 1 N–H and O–H groups in total. The summed E-state index contributed by atoms with van der Waals surface area (Å²) in [6.45, 7) is 3.83. The Morgan fingerprint density at radius 3 is 2.40 bits per heavy atom. The third kappa shape index (κ3) is 3.44. The smallest absolute Gasteiger partial charge is 0.336 e. The molecule has 25 heavy (non-hydrogen) atoms. The first-order valence-corrected chi connectivity index (χ1v) is 8.69. The van der Waals surface area contributed by atoms with Gasteiger partial charge in [0.2, 0.25) is 11.8 Å². The van der Waals surface area contributed by atoms with Crippen LogP contribution in [0, 0.1) is 13.8 Å². The number of aromatic carboxylic acids is 1. The van der Waals surface area contributed by atoms with Crippen LogP contribution in [0.2, 0.25) is 0 Å². The number of rotatable bonds is 4. The normalized spacial score (nSPS) is 17.2. The molecule has 1 atom stereocenters. The Balaban J connectivity index is 1.88. The van der Waals surface area contributed by atoms with Crippen molar-refractivity contribution in [2.45, 2.75) is 30.4 Å². The molecule has 0 spiro atoms. The van der Waals surface area contributed by atoms with Crippen LogP contribution in [0.1, 0.15) is 27.9 Å². The molecule has 6 heteroatoms. The van der Waals surface area contributed by atoms with E-state index >= 15 is 0 Å². The summed E-state index contributed by atoms with van der Waals surface area (Å²) in [5.74, 6) is -1.62. The van der Waals surface area contributed by atoms with E-state index in [-0.39, 0.29) is 23.8 Å². The van der Waals surface area contributed by atoms with E-state index in [0.717, 1.165) is 22.9 Å². The van der Waals surface area contributed by atoms with Crippen molar-refractivity contribution in [1.82, 2.24) is 0 Å². The van der Waals surface area contributed by atoms with Crippen molar-refractivity contribution in [3.8, 4) is 0 Å².